The van der Waals surface area contributed by atoms with E-state index < -0.39 is 45.1 Å². The van der Waals surface area contributed by atoms with Gasteiger partial charge in [0.15, 0.2) is 0 Å². The van der Waals surface area contributed by atoms with Gasteiger partial charge < -0.3 is 25.2 Å². The van der Waals surface area contributed by atoms with Gasteiger partial charge in [-0.25, -0.2) is 4.57 Å². The number of aliphatic carboxylic acids is 1. The van der Waals surface area contributed by atoms with Crippen molar-refractivity contribution in [3.05, 3.63) is 12.2 Å². The number of carbonyl (C=O) groups is 2. The molecule has 0 bridgehead atoms. The van der Waals surface area contributed by atoms with Gasteiger partial charge in [0, 0.05) is 13.0 Å². The zero-order valence-electron chi connectivity index (χ0n) is 42.6. The highest BCUT2D eigenvalue weighted by atomic mass is 31.2. The molecule has 0 aromatic heterocycles. The molecule has 0 spiro atoms. The maximum Gasteiger partial charge on any atom is 0.472 e. The number of carboxylic acids is 1. The largest absolute Gasteiger partial charge is 0.480 e. The van der Waals surface area contributed by atoms with Crippen LogP contribution in [0.4, 0.5) is 0 Å². The van der Waals surface area contributed by atoms with Crippen molar-refractivity contribution in [1.29, 1.82) is 0 Å². The van der Waals surface area contributed by atoms with Gasteiger partial charge in [-0.3, -0.25) is 18.6 Å². The molecule has 3 unspecified atom stereocenters. The number of carboxylic acid groups (broad SMARTS) is 1. The number of hydrogen-bond acceptors (Lipinski definition) is 8. The van der Waals surface area contributed by atoms with Crippen LogP contribution >= 0.6 is 7.82 Å². The lowest BCUT2D eigenvalue weighted by molar-refractivity contribution is -0.154. The van der Waals surface area contributed by atoms with E-state index in [1.54, 1.807) is 0 Å². The fourth-order valence-electron chi connectivity index (χ4n) is 8.25. The monoisotopic (exact) mass is 944 g/mol. The Kier molecular flexibility index (Phi) is 49.6. The Balaban J connectivity index is 4.05. The number of nitrogens with two attached hydrogens (primary N) is 1. The van der Waals surface area contributed by atoms with Crippen LogP contribution in [0.25, 0.3) is 0 Å². The molecule has 3 atom stereocenters. The van der Waals surface area contributed by atoms with Crippen LogP contribution in [0, 0.1) is 0 Å². The number of allylic oxidation sites excluding steroid dienone is 2. The number of hydrogen-bond donors (Lipinski definition) is 3. The Labute approximate surface area is 401 Å². The van der Waals surface area contributed by atoms with Crippen molar-refractivity contribution >= 4 is 19.8 Å². The van der Waals surface area contributed by atoms with Crippen molar-refractivity contribution in [2.45, 2.75) is 296 Å². The summed E-state index contributed by atoms with van der Waals surface area (Å²) in [5.41, 5.74) is 5.38. The standard InChI is InChI=1S/C54H106NO9P/c1-3-5-7-9-11-13-15-17-19-21-23-25-27-29-31-33-35-37-39-41-43-45-47-61-48-51(49-62-65(59,60)63-50-52(55)54(57)58)64-53(56)46-44-42-40-38-36-34-32-30-28-26-24-22-20-18-16-14-12-10-8-6-4-2/h21,23,51-52H,3-20,22,24-50,55H2,1-2H3,(H,57,58)(H,59,60)/b23-21-. The summed E-state index contributed by atoms with van der Waals surface area (Å²) in [6, 6.07) is -1.47. The second kappa shape index (κ2) is 50.6. The molecule has 0 rings (SSSR count). The van der Waals surface area contributed by atoms with E-state index in [2.05, 4.69) is 26.0 Å². The first-order valence-corrected chi connectivity index (χ1v) is 29.2. The smallest absolute Gasteiger partial charge is 0.472 e. The lowest BCUT2D eigenvalue weighted by Crippen LogP contribution is -2.34. The van der Waals surface area contributed by atoms with Gasteiger partial charge in [-0.05, 0) is 38.5 Å². The quantitative estimate of drug-likeness (QED) is 0.0232. The molecule has 0 saturated heterocycles. The van der Waals surface area contributed by atoms with E-state index in [0.717, 1.165) is 38.5 Å². The molecule has 4 N–H and O–H groups in total. The second-order valence-electron chi connectivity index (χ2n) is 19.1. The van der Waals surface area contributed by atoms with Gasteiger partial charge in [0.25, 0.3) is 0 Å². The molecule has 0 fully saturated rings. The molecule has 0 amide bonds. The van der Waals surface area contributed by atoms with Gasteiger partial charge in [0.2, 0.25) is 0 Å². The average Bonchev–Trinajstić information content (AvgIpc) is 3.29. The van der Waals surface area contributed by atoms with Gasteiger partial charge in [-0.1, -0.05) is 251 Å². The van der Waals surface area contributed by atoms with Crippen LogP contribution in [-0.2, 0) is 32.7 Å². The molecule has 386 valence electrons. The van der Waals surface area contributed by atoms with E-state index in [0.29, 0.717) is 6.61 Å². The maximum absolute atomic E-state index is 12.7. The van der Waals surface area contributed by atoms with Gasteiger partial charge in [0.1, 0.15) is 12.1 Å². The predicted molar refractivity (Wildman–Crippen MR) is 272 cm³/mol. The third-order valence-corrected chi connectivity index (χ3v) is 13.5. The summed E-state index contributed by atoms with van der Waals surface area (Å²) < 4.78 is 33.6. The number of ether oxygens (including phenoxy) is 2. The van der Waals surface area contributed by atoms with Crippen LogP contribution in [0.2, 0.25) is 0 Å². The van der Waals surface area contributed by atoms with Crippen molar-refractivity contribution in [2.24, 2.45) is 5.73 Å². The summed E-state index contributed by atoms with van der Waals surface area (Å²) in [5, 5.41) is 8.94. The molecular formula is C54H106NO9P. The van der Waals surface area contributed by atoms with Gasteiger partial charge in [-0.2, -0.15) is 0 Å². The minimum absolute atomic E-state index is 0.0226. The van der Waals surface area contributed by atoms with Crippen molar-refractivity contribution in [3.8, 4) is 0 Å². The highest BCUT2D eigenvalue weighted by Gasteiger charge is 2.27. The number of rotatable bonds is 54. The van der Waals surface area contributed by atoms with Crippen LogP contribution in [0.3, 0.4) is 0 Å². The Bertz CT molecular complexity index is 1090. The van der Waals surface area contributed by atoms with Gasteiger partial charge >= 0.3 is 19.8 Å². The molecule has 0 saturated carbocycles. The number of carbonyl (C=O) groups excluding carboxylic acids is 1. The summed E-state index contributed by atoms with van der Waals surface area (Å²) in [4.78, 5) is 33.7. The zero-order valence-corrected chi connectivity index (χ0v) is 43.5. The van der Waals surface area contributed by atoms with Crippen LogP contribution in [0.5, 0.6) is 0 Å². The molecule has 0 radical (unpaired) electrons. The van der Waals surface area contributed by atoms with Crippen molar-refractivity contribution < 1.29 is 42.7 Å². The molecule has 65 heavy (non-hydrogen) atoms. The zero-order chi connectivity index (χ0) is 47.6. The summed E-state index contributed by atoms with van der Waals surface area (Å²) in [6.07, 6.45) is 57.0. The van der Waals surface area contributed by atoms with Crippen LogP contribution in [0.15, 0.2) is 12.2 Å². The van der Waals surface area contributed by atoms with E-state index in [-0.39, 0.29) is 13.0 Å². The third-order valence-electron chi connectivity index (χ3n) is 12.5. The highest BCUT2D eigenvalue weighted by molar-refractivity contribution is 7.47. The minimum Gasteiger partial charge on any atom is -0.480 e. The van der Waals surface area contributed by atoms with Crippen molar-refractivity contribution in [3.63, 3.8) is 0 Å². The number of esters is 1. The van der Waals surface area contributed by atoms with Crippen molar-refractivity contribution in [2.75, 3.05) is 26.4 Å². The van der Waals surface area contributed by atoms with E-state index >= 15 is 0 Å². The summed E-state index contributed by atoms with van der Waals surface area (Å²) in [6.45, 7) is 3.95. The first kappa shape index (κ1) is 63.7. The maximum atomic E-state index is 12.7. The van der Waals surface area contributed by atoms with Crippen LogP contribution in [0.1, 0.15) is 284 Å². The lowest BCUT2D eigenvalue weighted by atomic mass is 10.0. The Morgan fingerprint density at radius 2 is 0.800 bits per heavy atom. The Hall–Kier alpha value is -1.29. The summed E-state index contributed by atoms with van der Waals surface area (Å²) >= 11 is 0. The molecular weight excluding hydrogens is 838 g/mol. The fourth-order valence-corrected chi connectivity index (χ4v) is 9.03. The van der Waals surface area contributed by atoms with Gasteiger partial charge in [-0.15, -0.1) is 0 Å². The normalized spacial score (nSPS) is 13.7. The second-order valence-corrected chi connectivity index (χ2v) is 20.5. The average molecular weight is 944 g/mol. The molecule has 0 aliphatic rings. The van der Waals surface area contributed by atoms with Gasteiger partial charge in [0.05, 0.1) is 19.8 Å². The van der Waals surface area contributed by atoms with Crippen LogP contribution in [-0.4, -0.2) is 60.5 Å². The first-order chi connectivity index (χ1) is 31.7. The first-order valence-electron chi connectivity index (χ1n) is 27.7. The highest BCUT2D eigenvalue weighted by Crippen LogP contribution is 2.43. The molecule has 10 nitrogen and oxygen atoms in total. The third kappa shape index (κ3) is 50.4. The molecule has 0 heterocycles. The number of phosphoric ester groups is 1. The summed E-state index contributed by atoms with van der Waals surface area (Å²) in [5.74, 6) is -1.76. The minimum atomic E-state index is -4.62. The van der Waals surface area contributed by atoms with E-state index in [1.807, 2.05) is 0 Å². The Morgan fingerprint density at radius 1 is 0.477 bits per heavy atom. The summed E-state index contributed by atoms with van der Waals surface area (Å²) in [7, 11) is -4.62. The molecule has 0 aliphatic carbocycles. The topological polar surface area (TPSA) is 155 Å². The number of phosphoric acid groups is 1. The molecule has 0 aromatic rings. The molecule has 0 aromatic carbocycles. The van der Waals surface area contributed by atoms with E-state index in [4.69, 9.17) is 29.4 Å². The molecule has 11 heteroatoms. The van der Waals surface area contributed by atoms with E-state index in [1.165, 1.54) is 225 Å². The molecule has 0 aliphatic heterocycles. The van der Waals surface area contributed by atoms with Crippen molar-refractivity contribution in [1.82, 2.24) is 0 Å². The predicted octanol–water partition coefficient (Wildman–Crippen LogP) is 16.4. The fraction of sp³-hybridized carbons (Fsp3) is 0.926. The SMILES string of the molecule is CCCCCCCCCC/C=C\CCCCCCCCCCCCOCC(COP(=O)(O)OCC(N)C(=O)O)OC(=O)CCCCCCCCCCCCCCCCCCCCCCC. The van der Waals surface area contributed by atoms with E-state index in [9.17, 15) is 19.0 Å². The lowest BCUT2D eigenvalue weighted by Gasteiger charge is -2.20. The Morgan fingerprint density at radius 3 is 1.17 bits per heavy atom. The van der Waals surface area contributed by atoms with Crippen LogP contribution < -0.4 is 5.73 Å². The number of unbranched alkanes of at least 4 members (excludes halogenated alkanes) is 38.